The van der Waals surface area contributed by atoms with Crippen molar-refractivity contribution in [3.8, 4) is 0 Å². The number of carbonyl (C=O) groups excluding carboxylic acids is 1. The van der Waals surface area contributed by atoms with Crippen LogP contribution >= 0.6 is 35.9 Å². The highest BCUT2D eigenvalue weighted by Crippen LogP contribution is 2.25. The molecule has 1 N–H and O–H groups in total. The zero-order chi connectivity index (χ0) is 12.3. The molecule has 0 aromatic rings. The normalized spacial score (nSPS) is 32.8. The first kappa shape index (κ1) is 16.5. The zero-order valence-corrected chi connectivity index (χ0v) is 13.5. The summed E-state index contributed by atoms with van der Waals surface area (Å²) >= 11 is 3.94. The fourth-order valence-corrected chi connectivity index (χ4v) is 4.41. The molecule has 2 saturated heterocycles. The van der Waals surface area contributed by atoms with E-state index in [1.165, 1.54) is 5.75 Å². The summed E-state index contributed by atoms with van der Waals surface area (Å²) in [6.07, 6.45) is 0.675. The molecule has 6 heteroatoms. The highest BCUT2D eigenvalue weighted by atomic mass is 35.5. The van der Waals surface area contributed by atoms with Crippen molar-refractivity contribution in [3.05, 3.63) is 0 Å². The Kier molecular flexibility index (Phi) is 7.21. The van der Waals surface area contributed by atoms with Gasteiger partial charge < -0.3 is 10.2 Å². The lowest BCUT2D eigenvalue weighted by Crippen LogP contribution is -2.50. The molecule has 0 bridgehead atoms. The number of nitrogens with one attached hydrogen (secondary N) is 1. The predicted molar refractivity (Wildman–Crippen MR) is 84.1 cm³/mol. The first-order valence-corrected chi connectivity index (χ1v) is 8.61. The lowest BCUT2D eigenvalue weighted by molar-refractivity contribution is -0.133. The summed E-state index contributed by atoms with van der Waals surface area (Å²) in [6, 6.07) is 0.774. The van der Waals surface area contributed by atoms with Gasteiger partial charge in [0.2, 0.25) is 5.91 Å². The van der Waals surface area contributed by atoms with Gasteiger partial charge in [0.15, 0.2) is 0 Å². The second-order valence-electron chi connectivity index (χ2n) is 4.83. The van der Waals surface area contributed by atoms with Gasteiger partial charge in [0, 0.05) is 54.1 Å². The monoisotopic (exact) mass is 310 g/mol. The molecular weight excluding hydrogens is 288 g/mol. The van der Waals surface area contributed by atoms with Crippen LogP contribution in [0.1, 0.15) is 20.3 Å². The van der Waals surface area contributed by atoms with Crippen molar-refractivity contribution in [2.45, 2.75) is 37.6 Å². The summed E-state index contributed by atoms with van der Waals surface area (Å²) in [5, 5.41) is 4.01. The average molecular weight is 311 g/mol. The Morgan fingerprint density at radius 3 is 2.83 bits per heavy atom. The van der Waals surface area contributed by atoms with Crippen LogP contribution in [0.2, 0.25) is 0 Å². The Labute approximate surface area is 125 Å². The summed E-state index contributed by atoms with van der Waals surface area (Å²) in [4.78, 5) is 14.4. The van der Waals surface area contributed by atoms with Crippen molar-refractivity contribution in [2.75, 3.05) is 30.3 Å². The summed E-state index contributed by atoms with van der Waals surface area (Å²) in [5.74, 6) is 3.69. The highest BCUT2D eigenvalue weighted by Gasteiger charge is 2.30. The smallest absolute Gasteiger partial charge is 0.224 e. The van der Waals surface area contributed by atoms with Crippen LogP contribution in [0.25, 0.3) is 0 Å². The van der Waals surface area contributed by atoms with Crippen molar-refractivity contribution in [1.29, 1.82) is 0 Å². The molecule has 3 nitrogen and oxygen atoms in total. The Hall–Kier alpha value is 0.420. The van der Waals surface area contributed by atoms with E-state index in [0.717, 1.165) is 24.6 Å². The number of thioether (sulfide) groups is 2. The van der Waals surface area contributed by atoms with E-state index in [1.54, 1.807) is 0 Å². The fourth-order valence-electron chi connectivity index (χ4n) is 2.36. The van der Waals surface area contributed by atoms with Crippen molar-refractivity contribution < 1.29 is 4.79 Å². The molecule has 2 aliphatic heterocycles. The number of amides is 1. The minimum absolute atomic E-state index is 0. The SMILES string of the molecule is CC1SCCN(C(=O)CC2CSCCN2)C1C.Cl. The highest BCUT2D eigenvalue weighted by molar-refractivity contribution is 8.00. The summed E-state index contributed by atoms with van der Waals surface area (Å²) in [6.45, 7) is 6.38. The number of carbonyl (C=O) groups is 1. The lowest BCUT2D eigenvalue weighted by Gasteiger charge is -2.38. The lowest BCUT2D eigenvalue weighted by atomic mass is 10.1. The van der Waals surface area contributed by atoms with Crippen LogP contribution in [-0.2, 0) is 4.79 Å². The van der Waals surface area contributed by atoms with E-state index >= 15 is 0 Å². The van der Waals surface area contributed by atoms with Gasteiger partial charge in [0.05, 0.1) is 0 Å². The Morgan fingerprint density at radius 2 is 2.17 bits per heavy atom. The molecule has 18 heavy (non-hydrogen) atoms. The van der Waals surface area contributed by atoms with Gasteiger partial charge in [-0.25, -0.2) is 0 Å². The van der Waals surface area contributed by atoms with E-state index in [1.807, 2.05) is 23.5 Å². The molecule has 0 saturated carbocycles. The second-order valence-corrected chi connectivity index (χ2v) is 7.47. The van der Waals surface area contributed by atoms with E-state index in [4.69, 9.17) is 0 Å². The van der Waals surface area contributed by atoms with E-state index in [0.29, 0.717) is 29.7 Å². The molecule has 106 valence electrons. The van der Waals surface area contributed by atoms with Gasteiger partial charge in [-0.2, -0.15) is 23.5 Å². The summed E-state index contributed by atoms with van der Waals surface area (Å²) < 4.78 is 0. The van der Waals surface area contributed by atoms with Crippen molar-refractivity contribution in [1.82, 2.24) is 10.2 Å². The van der Waals surface area contributed by atoms with E-state index in [9.17, 15) is 4.79 Å². The molecule has 0 aliphatic carbocycles. The van der Waals surface area contributed by atoms with Crippen LogP contribution in [0, 0.1) is 0 Å². The van der Waals surface area contributed by atoms with Crippen LogP contribution in [0.4, 0.5) is 0 Å². The van der Waals surface area contributed by atoms with Crippen molar-refractivity contribution >= 4 is 41.8 Å². The van der Waals surface area contributed by atoms with Gasteiger partial charge in [-0.15, -0.1) is 12.4 Å². The largest absolute Gasteiger partial charge is 0.338 e. The molecule has 3 atom stereocenters. The van der Waals surface area contributed by atoms with Gasteiger partial charge in [-0.05, 0) is 6.92 Å². The molecule has 0 aromatic carbocycles. The fraction of sp³-hybridized carbons (Fsp3) is 0.917. The third kappa shape index (κ3) is 4.22. The van der Waals surface area contributed by atoms with Crippen LogP contribution in [-0.4, -0.2) is 58.5 Å². The molecule has 0 aromatic heterocycles. The van der Waals surface area contributed by atoms with Crippen LogP contribution < -0.4 is 5.32 Å². The maximum absolute atomic E-state index is 12.3. The summed E-state index contributed by atoms with van der Waals surface area (Å²) in [5.41, 5.74) is 0. The third-order valence-corrected chi connectivity index (χ3v) is 6.09. The molecule has 2 fully saturated rings. The van der Waals surface area contributed by atoms with Gasteiger partial charge >= 0.3 is 0 Å². The predicted octanol–water partition coefficient (Wildman–Crippen LogP) is 1.86. The number of nitrogens with zero attached hydrogens (tertiary/aromatic N) is 1. The van der Waals surface area contributed by atoms with E-state index in [-0.39, 0.29) is 12.4 Å². The van der Waals surface area contributed by atoms with Gasteiger partial charge in [-0.1, -0.05) is 6.92 Å². The summed E-state index contributed by atoms with van der Waals surface area (Å²) in [7, 11) is 0. The van der Waals surface area contributed by atoms with Gasteiger partial charge in [0.25, 0.3) is 0 Å². The number of hydrogen-bond donors (Lipinski definition) is 1. The maximum Gasteiger partial charge on any atom is 0.224 e. The number of halogens is 1. The quantitative estimate of drug-likeness (QED) is 0.844. The zero-order valence-electron chi connectivity index (χ0n) is 11.1. The second kappa shape index (κ2) is 7.88. The third-order valence-electron chi connectivity index (χ3n) is 3.62. The molecule has 2 heterocycles. The Morgan fingerprint density at radius 1 is 1.39 bits per heavy atom. The minimum Gasteiger partial charge on any atom is -0.338 e. The molecule has 1 amide bonds. The Bertz CT molecular complexity index is 275. The number of hydrogen-bond acceptors (Lipinski definition) is 4. The standard InChI is InChI=1S/C12H22N2OS2.ClH/c1-9-10(2)17-6-4-14(9)12(15)7-11-8-16-5-3-13-11;/h9-11,13H,3-8H2,1-2H3;1H. The van der Waals surface area contributed by atoms with Crippen molar-refractivity contribution in [3.63, 3.8) is 0 Å². The molecule has 3 unspecified atom stereocenters. The van der Waals surface area contributed by atoms with Crippen molar-refractivity contribution in [2.24, 2.45) is 0 Å². The van der Waals surface area contributed by atoms with E-state index in [2.05, 4.69) is 24.1 Å². The first-order chi connectivity index (χ1) is 8.18. The first-order valence-electron chi connectivity index (χ1n) is 6.40. The number of rotatable bonds is 2. The minimum atomic E-state index is 0. The molecule has 2 rings (SSSR count). The topological polar surface area (TPSA) is 32.3 Å². The van der Waals surface area contributed by atoms with Gasteiger partial charge in [0.1, 0.15) is 0 Å². The van der Waals surface area contributed by atoms with Crippen LogP contribution in [0.3, 0.4) is 0 Å². The molecule has 0 spiro atoms. The molecular formula is C12H23ClN2OS2. The maximum atomic E-state index is 12.3. The average Bonchev–Trinajstić information content (AvgIpc) is 2.34. The molecule has 2 aliphatic rings. The Balaban J connectivity index is 0.00000162. The molecule has 0 radical (unpaired) electrons. The van der Waals surface area contributed by atoms with Gasteiger partial charge in [-0.3, -0.25) is 4.79 Å². The van der Waals surface area contributed by atoms with Crippen LogP contribution in [0.5, 0.6) is 0 Å². The van der Waals surface area contributed by atoms with Crippen LogP contribution in [0.15, 0.2) is 0 Å². The van der Waals surface area contributed by atoms with E-state index < -0.39 is 0 Å².